The Morgan fingerprint density at radius 2 is 1.81 bits per heavy atom. The third kappa shape index (κ3) is 2.76. The van der Waals surface area contributed by atoms with Crippen LogP contribution in [0.15, 0.2) is 0 Å². The number of carbonyl (C=O) groups excluding carboxylic acids is 2. The number of aliphatic carboxylic acids is 1. The maximum atomic E-state index is 12.7. The minimum absolute atomic E-state index is 0.00880. The molecule has 1 aliphatic heterocycles. The van der Waals surface area contributed by atoms with Gasteiger partial charge < -0.3 is 15.3 Å². The quantitative estimate of drug-likeness (QED) is 0.787. The molecule has 116 valence electrons. The minimum Gasteiger partial charge on any atom is -0.481 e. The smallest absolute Gasteiger partial charge is 0.306 e. The summed E-state index contributed by atoms with van der Waals surface area (Å²) in [5, 5.41) is 12.1. The monoisotopic (exact) mass is 294 g/mol. The standard InChI is InChI=1S/C15H22N2O4/c18-13-8-17(12-4-2-1-3-11(12)16-13)14(19)9-5-6-10(7-9)15(20)21/h9-12H,1-8H2,(H,16,18)(H,20,21)/t9-,10+,11?,12?/m0/s1. The van der Waals surface area contributed by atoms with Gasteiger partial charge >= 0.3 is 5.97 Å². The number of carboxylic acids is 1. The molecule has 2 amide bonds. The van der Waals surface area contributed by atoms with Crippen LogP contribution in [0, 0.1) is 11.8 Å². The van der Waals surface area contributed by atoms with E-state index in [0.29, 0.717) is 19.3 Å². The van der Waals surface area contributed by atoms with Crippen LogP contribution in [0.25, 0.3) is 0 Å². The third-order valence-corrected chi connectivity index (χ3v) is 5.20. The van der Waals surface area contributed by atoms with Crippen molar-refractivity contribution in [3.63, 3.8) is 0 Å². The molecule has 0 aromatic heterocycles. The number of nitrogens with one attached hydrogen (secondary N) is 1. The van der Waals surface area contributed by atoms with Crippen molar-refractivity contribution in [3.05, 3.63) is 0 Å². The average Bonchev–Trinajstić information content (AvgIpc) is 2.95. The molecule has 1 heterocycles. The molecule has 21 heavy (non-hydrogen) atoms. The van der Waals surface area contributed by atoms with Crippen molar-refractivity contribution in [2.75, 3.05) is 6.54 Å². The van der Waals surface area contributed by atoms with Gasteiger partial charge in [0.25, 0.3) is 0 Å². The molecule has 0 bridgehead atoms. The van der Waals surface area contributed by atoms with Gasteiger partial charge in [-0.3, -0.25) is 14.4 Å². The summed E-state index contributed by atoms with van der Waals surface area (Å²) in [4.78, 5) is 37.3. The molecule has 2 unspecified atom stereocenters. The number of rotatable bonds is 2. The number of amides is 2. The molecule has 0 aromatic rings. The molecule has 0 spiro atoms. The van der Waals surface area contributed by atoms with Crippen LogP contribution >= 0.6 is 0 Å². The van der Waals surface area contributed by atoms with Crippen LogP contribution in [0.5, 0.6) is 0 Å². The summed E-state index contributed by atoms with van der Waals surface area (Å²) in [5.74, 6) is -1.53. The van der Waals surface area contributed by atoms with Gasteiger partial charge in [-0.25, -0.2) is 0 Å². The van der Waals surface area contributed by atoms with Crippen molar-refractivity contribution in [2.45, 2.75) is 57.0 Å². The molecule has 3 aliphatic rings. The predicted octanol–water partition coefficient (Wildman–Crippen LogP) is 0.757. The summed E-state index contributed by atoms with van der Waals surface area (Å²) in [6.07, 6.45) is 5.67. The zero-order chi connectivity index (χ0) is 15.0. The van der Waals surface area contributed by atoms with E-state index in [0.717, 1.165) is 25.7 Å². The topological polar surface area (TPSA) is 86.7 Å². The van der Waals surface area contributed by atoms with Gasteiger partial charge in [0, 0.05) is 12.0 Å². The maximum absolute atomic E-state index is 12.7. The van der Waals surface area contributed by atoms with E-state index in [1.165, 1.54) is 0 Å². The Morgan fingerprint density at radius 3 is 2.52 bits per heavy atom. The first-order valence-corrected chi connectivity index (χ1v) is 7.89. The summed E-state index contributed by atoms with van der Waals surface area (Å²) in [7, 11) is 0. The number of piperazine rings is 1. The molecular weight excluding hydrogens is 272 g/mol. The molecule has 6 heteroatoms. The van der Waals surface area contributed by atoms with Crippen LogP contribution in [0.2, 0.25) is 0 Å². The van der Waals surface area contributed by atoms with Crippen LogP contribution in [-0.2, 0) is 14.4 Å². The molecule has 3 fully saturated rings. The Morgan fingerprint density at radius 1 is 1.10 bits per heavy atom. The lowest BCUT2D eigenvalue weighted by Crippen LogP contribution is -2.63. The van der Waals surface area contributed by atoms with Crippen molar-refractivity contribution in [3.8, 4) is 0 Å². The normalized spacial score (nSPS) is 36.0. The van der Waals surface area contributed by atoms with Gasteiger partial charge in [0.1, 0.15) is 0 Å². The maximum Gasteiger partial charge on any atom is 0.306 e. The molecule has 0 aromatic carbocycles. The third-order valence-electron chi connectivity index (χ3n) is 5.20. The number of fused-ring (bicyclic) bond motifs is 1. The van der Waals surface area contributed by atoms with Crippen molar-refractivity contribution in [1.29, 1.82) is 0 Å². The summed E-state index contributed by atoms with van der Waals surface area (Å²) in [6.45, 7) is 0.133. The first-order valence-electron chi connectivity index (χ1n) is 7.89. The van der Waals surface area contributed by atoms with Gasteiger partial charge in [-0.05, 0) is 32.1 Å². The van der Waals surface area contributed by atoms with E-state index in [1.54, 1.807) is 4.90 Å². The summed E-state index contributed by atoms with van der Waals surface area (Å²) >= 11 is 0. The van der Waals surface area contributed by atoms with Crippen molar-refractivity contribution in [2.24, 2.45) is 11.8 Å². The molecular formula is C15H22N2O4. The first-order chi connectivity index (χ1) is 10.1. The predicted molar refractivity (Wildman–Crippen MR) is 74.4 cm³/mol. The highest BCUT2D eigenvalue weighted by atomic mass is 16.4. The highest BCUT2D eigenvalue weighted by Crippen LogP contribution is 2.35. The lowest BCUT2D eigenvalue weighted by atomic mass is 9.86. The van der Waals surface area contributed by atoms with E-state index in [-0.39, 0.29) is 36.4 Å². The zero-order valence-electron chi connectivity index (χ0n) is 12.1. The summed E-state index contributed by atoms with van der Waals surface area (Å²) < 4.78 is 0. The van der Waals surface area contributed by atoms with E-state index < -0.39 is 11.9 Å². The second kappa shape index (κ2) is 5.66. The van der Waals surface area contributed by atoms with Gasteiger partial charge in [-0.15, -0.1) is 0 Å². The number of nitrogens with zero attached hydrogens (tertiary/aromatic N) is 1. The molecule has 2 saturated carbocycles. The molecule has 3 rings (SSSR count). The van der Waals surface area contributed by atoms with Gasteiger partial charge in [0.05, 0.1) is 18.5 Å². The Bertz CT molecular complexity index is 465. The Kier molecular flexibility index (Phi) is 3.87. The Labute approximate surface area is 123 Å². The second-order valence-electron chi connectivity index (χ2n) is 6.54. The van der Waals surface area contributed by atoms with Crippen LogP contribution in [0.4, 0.5) is 0 Å². The van der Waals surface area contributed by atoms with Crippen LogP contribution in [0.1, 0.15) is 44.9 Å². The minimum atomic E-state index is -0.808. The number of carboxylic acid groups (broad SMARTS) is 1. The van der Waals surface area contributed by atoms with Crippen molar-refractivity contribution in [1.82, 2.24) is 10.2 Å². The molecule has 2 aliphatic carbocycles. The van der Waals surface area contributed by atoms with E-state index in [9.17, 15) is 14.4 Å². The van der Waals surface area contributed by atoms with E-state index in [4.69, 9.17) is 5.11 Å². The first kappa shape index (κ1) is 14.4. The molecule has 6 nitrogen and oxygen atoms in total. The molecule has 1 saturated heterocycles. The molecule has 0 radical (unpaired) electrons. The second-order valence-corrected chi connectivity index (χ2v) is 6.54. The van der Waals surface area contributed by atoms with Crippen LogP contribution in [-0.4, -0.2) is 46.4 Å². The molecule has 4 atom stereocenters. The highest BCUT2D eigenvalue weighted by Gasteiger charge is 2.43. The number of carbonyl (C=O) groups is 3. The SMILES string of the molecule is O=C1CN(C(=O)[C@H]2CC[C@@H](C(=O)O)C2)C2CCCCC2N1. The largest absolute Gasteiger partial charge is 0.481 e. The highest BCUT2D eigenvalue weighted by molar-refractivity contribution is 5.88. The fourth-order valence-electron chi connectivity index (χ4n) is 4.08. The number of hydrogen-bond acceptors (Lipinski definition) is 3. The lowest BCUT2D eigenvalue weighted by Gasteiger charge is -2.44. The Balaban J connectivity index is 1.70. The van der Waals surface area contributed by atoms with Crippen molar-refractivity contribution < 1.29 is 19.5 Å². The fraction of sp³-hybridized carbons (Fsp3) is 0.800. The summed E-state index contributed by atoms with van der Waals surface area (Å²) in [5.41, 5.74) is 0. The lowest BCUT2D eigenvalue weighted by molar-refractivity contribution is -0.147. The van der Waals surface area contributed by atoms with Crippen LogP contribution in [0.3, 0.4) is 0 Å². The number of hydrogen-bond donors (Lipinski definition) is 2. The zero-order valence-corrected chi connectivity index (χ0v) is 12.1. The van der Waals surface area contributed by atoms with E-state index >= 15 is 0 Å². The average molecular weight is 294 g/mol. The Hall–Kier alpha value is -1.59. The van der Waals surface area contributed by atoms with E-state index in [2.05, 4.69) is 5.32 Å². The van der Waals surface area contributed by atoms with Crippen LogP contribution < -0.4 is 5.32 Å². The van der Waals surface area contributed by atoms with Gasteiger partial charge in [-0.2, -0.15) is 0 Å². The molecule has 2 N–H and O–H groups in total. The van der Waals surface area contributed by atoms with Gasteiger partial charge in [0.2, 0.25) is 11.8 Å². The fourth-order valence-corrected chi connectivity index (χ4v) is 4.08. The van der Waals surface area contributed by atoms with E-state index in [1.807, 2.05) is 0 Å². The van der Waals surface area contributed by atoms with Crippen molar-refractivity contribution >= 4 is 17.8 Å². The van der Waals surface area contributed by atoms with Gasteiger partial charge in [-0.1, -0.05) is 12.8 Å². The van der Waals surface area contributed by atoms with Gasteiger partial charge in [0.15, 0.2) is 0 Å². The summed E-state index contributed by atoms with van der Waals surface area (Å²) in [6, 6.07) is 0.188.